The Labute approximate surface area is 221 Å². The Morgan fingerprint density at radius 3 is 2.70 bits per heavy atom. The number of hydrogen-bond acceptors (Lipinski definition) is 5. The lowest BCUT2D eigenvalue weighted by atomic mass is 9.91. The number of amides is 1. The van der Waals surface area contributed by atoms with Gasteiger partial charge in [-0.05, 0) is 48.2 Å². The van der Waals surface area contributed by atoms with Crippen molar-refractivity contribution in [2.45, 2.75) is 37.8 Å². The summed E-state index contributed by atoms with van der Waals surface area (Å²) >= 11 is 6.30. The van der Waals surface area contributed by atoms with Crippen LogP contribution in [0.3, 0.4) is 0 Å². The Kier molecular flexibility index (Phi) is 6.72. The highest BCUT2D eigenvalue weighted by molar-refractivity contribution is 6.30. The number of nitrogens with one attached hydrogen (secondary N) is 1. The number of pyridine rings is 1. The molecule has 2 aromatic carbocycles. The van der Waals surface area contributed by atoms with Crippen LogP contribution in [0.5, 0.6) is 11.5 Å². The largest absolute Gasteiger partial charge is 0.454 e. The number of halogens is 1. The van der Waals surface area contributed by atoms with Crippen LogP contribution in [-0.2, 0) is 11.3 Å². The summed E-state index contributed by atoms with van der Waals surface area (Å²) in [5.74, 6) is 1.22. The number of piperidine rings is 1. The van der Waals surface area contributed by atoms with E-state index in [9.17, 15) is 4.79 Å². The van der Waals surface area contributed by atoms with E-state index in [-0.39, 0.29) is 24.7 Å². The highest BCUT2D eigenvalue weighted by Crippen LogP contribution is 2.38. The number of aromatic nitrogens is 2. The van der Waals surface area contributed by atoms with Crippen LogP contribution >= 0.6 is 11.6 Å². The third kappa shape index (κ3) is 5.29. The Balaban J connectivity index is 1.17. The predicted molar refractivity (Wildman–Crippen MR) is 142 cm³/mol. The molecule has 7 nitrogen and oxygen atoms in total. The summed E-state index contributed by atoms with van der Waals surface area (Å²) in [5, 5.41) is 3.91. The first-order chi connectivity index (χ1) is 18.1. The van der Waals surface area contributed by atoms with Crippen LogP contribution in [0.2, 0.25) is 5.02 Å². The van der Waals surface area contributed by atoms with Crippen LogP contribution in [-0.4, -0.2) is 46.1 Å². The molecule has 0 spiro atoms. The summed E-state index contributed by atoms with van der Waals surface area (Å²) < 4.78 is 13.1. The van der Waals surface area contributed by atoms with Gasteiger partial charge in [0.05, 0.1) is 10.7 Å². The summed E-state index contributed by atoms with van der Waals surface area (Å²) in [6.45, 7) is 3.09. The van der Waals surface area contributed by atoms with E-state index in [0.29, 0.717) is 17.2 Å². The van der Waals surface area contributed by atoms with Gasteiger partial charge in [-0.3, -0.25) is 9.69 Å². The summed E-state index contributed by atoms with van der Waals surface area (Å²) in [4.78, 5) is 20.4. The predicted octanol–water partition coefficient (Wildman–Crippen LogP) is 5.02. The van der Waals surface area contributed by atoms with Crippen LogP contribution < -0.4 is 14.8 Å². The molecule has 1 fully saturated rings. The van der Waals surface area contributed by atoms with E-state index in [1.54, 1.807) is 0 Å². The van der Waals surface area contributed by atoms with Crippen molar-refractivity contribution in [3.05, 3.63) is 94.9 Å². The molecule has 1 unspecified atom stereocenters. The summed E-state index contributed by atoms with van der Waals surface area (Å²) in [6, 6.07) is 20.3. The van der Waals surface area contributed by atoms with Crippen molar-refractivity contribution in [1.29, 1.82) is 0 Å². The molecule has 0 saturated carbocycles. The van der Waals surface area contributed by atoms with Crippen molar-refractivity contribution in [3.63, 3.8) is 0 Å². The number of likely N-dealkylation sites (tertiary alicyclic amines) is 1. The quantitative estimate of drug-likeness (QED) is 0.373. The van der Waals surface area contributed by atoms with Crippen molar-refractivity contribution in [1.82, 2.24) is 19.6 Å². The number of carbonyl (C=O) groups excluding carboxylic acids is 1. The normalized spacial score (nSPS) is 16.7. The van der Waals surface area contributed by atoms with Crippen LogP contribution in [0.25, 0.3) is 5.65 Å². The molecule has 190 valence electrons. The molecule has 0 bridgehead atoms. The van der Waals surface area contributed by atoms with Gasteiger partial charge >= 0.3 is 0 Å². The maximum absolute atomic E-state index is 13.4. The summed E-state index contributed by atoms with van der Waals surface area (Å²) in [6.07, 6.45) is 5.86. The summed E-state index contributed by atoms with van der Waals surface area (Å²) in [7, 11) is 0. The van der Waals surface area contributed by atoms with Gasteiger partial charge in [0.25, 0.3) is 0 Å². The fraction of sp³-hybridized carbons (Fsp3) is 0.310. The second kappa shape index (κ2) is 10.4. The molecule has 1 saturated heterocycles. The maximum atomic E-state index is 13.4. The van der Waals surface area contributed by atoms with E-state index >= 15 is 0 Å². The molecule has 2 aliphatic heterocycles. The van der Waals surface area contributed by atoms with E-state index < -0.39 is 0 Å². The number of ether oxygens (including phenoxy) is 2. The molecular weight excluding hydrogens is 488 g/mol. The van der Waals surface area contributed by atoms with Crippen LogP contribution in [0.15, 0.2) is 73.1 Å². The molecule has 1 atom stereocenters. The van der Waals surface area contributed by atoms with Crippen LogP contribution in [0, 0.1) is 0 Å². The van der Waals surface area contributed by atoms with Gasteiger partial charge in [-0.15, -0.1) is 0 Å². The first-order valence-electron chi connectivity index (χ1n) is 12.7. The number of carbonyl (C=O) groups is 1. The minimum atomic E-state index is -0.221. The van der Waals surface area contributed by atoms with Gasteiger partial charge in [-0.2, -0.15) is 0 Å². The van der Waals surface area contributed by atoms with Crippen molar-refractivity contribution in [2.75, 3.05) is 19.9 Å². The maximum Gasteiger partial charge on any atom is 0.231 e. The molecule has 4 aromatic rings. The number of imidazole rings is 1. The van der Waals surface area contributed by atoms with E-state index in [1.165, 1.54) is 5.56 Å². The topological polar surface area (TPSA) is 68.1 Å². The average molecular weight is 517 g/mol. The van der Waals surface area contributed by atoms with Gasteiger partial charge in [-0.25, -0.2) is 4.98 Å². The third-order valence-corrected chi connectivity index (χ3v) is 7.47. The van der Waals surface area contributed by atoms with E-state index in [2.05, 4.69) is 39.5 Å². The third-order valence-electron chi connectivity index (χ3n) is 7.25. The molecular formula is C29H29ClN4O3. The van der Waals surface area contributed by atoms with Gasteiger partial charge in [-0.1, -0.05) is 48.0 Å². The molecule has 1 amide bonds. The zero-order chi connectivity index (χ0) is 25.2. The molecule has 2 aromatic heterocycles. The SMILES string of the molecule is O=C(CC(c1ccc2c(c1)OCO2)c1cnc2ccc(Cl)cn12)NC1CCN(Cc2ccccc2)CC1. The Morgan fingerprint density at radius 1 is 1.05 bits per heavy atom. The van der Waals surface area contributed by atoms with E-state index in [4.69, 9.17) is 21.1 Å². The fourth-order valence-electron chi connectivity index (χ4n) is 5.30. The number of nitrogens with zero attached hydrogens (tertiary/aromatic N) is 3. The zero-order valence-corrected chi connectivity index (χ0v) is 21.2. The molecule has 8 heteroatoms. The minimum absolute atomic E-state index is 0.0288. The van der Waals surface area contributed by atoms with Crippen molar-refractivity contribution < 1.29 is 14.3 Å². The lowest BCUT2D eigenvalue weighted by Gasteiger charge is -2.32. The van der Waals surface area contributed by atoms with Gasteiger partial charge in [0, 0.05) is 50.4 Å². The Morgan fingerprint density at radius 2 is 1.86 bits per heavy atom. The zero-order valence-electron chi connectivity index (χ0n) is 20.5. The Hall–Kier alpha value is -3.55. The molecule has 4 heterocycles. The second-order valence-corrected chi connectivity index (χ2v) is 10.2. The highest BCUT2D eigenvalue weighted by Gasteiger charge is 2.27. The smallest absolute Gasteiger partial charge is 0.231 e. The van der Waals surface area contributed by atoms with Crippen LogP contribution in [0.4, 0.5) is 0 Å². The number of hydrogen-bond donors (Lipinski definition) is 1. The number of rotatable bonds is 7. The minimum Gasteiger partial charge on any atom is -0.454 e. The van der Waals surface area contributed by atoms with Crippen molar-refractivity contribution in [2.24, 2.45) is 0 Å². The fourth-order valence-corrected chi connectivity index (χ4v) is 5.46. The van der Waals surface area contributed by atoms with Crippen molar-refractivity contribution >= 4 is 23.2 Å². The molecule has 6 rings (SSSR count). The van der Waals surface area contributed by atoms with E-state index in [0.717, 1.165) is 55.1 Å². The molecule has 2 aliphatic rings. The molecule has 0 radical (unpaired) electrons. The van der Waals surface area contributed by atoms with Gasteiger partial charge in [0.1, 0.15) is 5.65 Å². The van der Waals surface area contributed by atoms with Gasteiger partial charge in [0.15, 0.2) is 11.5 Å². The lowest BCUT2D eigenvalue weighted by Crippen LogP contribution is -2.44. The second-order valence-electron chi connectivity index (χ2n) is 9.73. The van der Waals surface area contributed by atoms with Gasteiger partial charge in [0.2, 0.25) is 12.7 Å². The first kappa shape index (κ1) is 23.8. The molecule has 0 aliphatic carbocycles. The average Bonchev–Trinajstić information content (AvgIpc) is 3.55. The van der Waals surface area contributed by atoms with Crippen molar-refractivity contribution in [3.8, 4) is 11.5 Å². The van der Waals surface area contributed by atoms with E-state index in [1.807, 2.05) is 53.2 Å². The molecule has 37 heavy (non-hydrogen) atoms. The summed E-state index contributed by atoms with van der Waals surface area (Å²) in [5.41, 5.74) is 3.99. The van der Waals surface area contributed by atoms with Crippen LogP contribution in [0.1, 0.15) is 42.0 Å². The Bertz CT molecular complexity index is 1400. The standard InChI is InChI=1S/C29H29ClN4O3/c30-22-7-9-28-31-16-25(34(28)18-22)24(21-6-8-26-27(14-21)37-19-36-26)15-29(35)32-23-10-12-33(13-11-23)17-20-4-2-1-3-5-20/h1-9,14,16,18,23-24H,10-13,15,17,19H2,(H,32,35). The first-order valence-corrected chi connectivity index (χ1v) is 13.1. The molecule has 1 N–H and O–H groups in total. The lowest BCUT2D eigenvalue weighted by molar-refractivity contribution is -0.122. The highest BCUT2D eigenvalue weighted by atomic mass is 35.5. The number of benzene rings is 2. The van der Waals surface area contributed by atoms with Gasteiger partial charge < -0.3 is 19.2 Å². The monoisotopic (exact) mass is 516 g/mol. The number of fused-ring (bicyclic) bond motifs is 2.